The maximum absolute atomic E-state index is 12.7. The Morgan fingerprint density at radius 2 is 1.76 bits per heavy atom. The molecule has 2 N–H and O–H groups in total. The van der Waals surface area contributed by atoms with E-state index in [1.165, 1.54) is 18.2 Å². The minimum atomic E-state index is -4.52. The molecule has 0 aliphatic carbocycles. The smallest absolute Gasteiger partial charge is 0.417 e. The summed E-state index contributed by atoms with van der Waals surface area (Å²) in [4.78, 5) is 0. The van der Waals surface area contributed by atoms with Gasteiger partial charge in [0.15, 0.2) is 0 Å². The van der Waals surface area contributed by atoms with E-state index in [1.54, 1.807) is 12.1 Å². The van der Waals surface area contributed by atoms with Crippen LogP contribution in [0.1, 0.15) is 11.1 Å². The van der Waals surface area contributed by atoms with Crippen LogP contribution in [0.25, 0.3) is 0 Å². The fourth-order valence-corrected chi connectivity index (χ4v) is 2.17. The summed E-state index contributed by atoms with van der Waals surface area (Å²) in [5, 5.41) is 12.3. The Labute approximate surface area is 129 Å². The van der Waals surface area contributed by atoms with Crippen molar-refractivity contribution in [2.45, 2.75) is 12.7 Å². The summed E-state index contributed by atoms with van der Waals surface area (Å²) in [6, 6.07) is 8.30. The van der Waals surface area contributed by atoms with Gasteiger partial charge in [0.05, 0.1) is 15.6 Å². The van der Waals surface area contributed by atoms with Crippen molar-refractivity contribution in [3.05, 3.63) is 57.6 Å². The summed E-state index contributed by atoms with van der Waals surface area (Å²) in [6.07, 6.45) is -4.52. The van der Waals surface area contributed by atoms with Crippen LogP contribution in [0.3, 0.4) is 0 Å². The third kappa shape index (κ3) is 3.74. The minimum Gasteiger partial charge on any atom is -0.506 e. The SMILES string of the molecule is Oc1c(Cl)cccc1CNc1ccc(Cl)c(C(F)(F)F)c1. The highest BCUT2D eigenvalue weighted by molar-refractivity contribution is 6.32. The number of para-hydroxylation sites is 1. The van der Waals surface area contributed by atoms with Crippen LogP contribution in [0.15, 0.2) is 36.4 Å². The third-order valence-corrected chi connectivity index (χ3v) is 3.46. The quantitative estimate of drug-likeness (QED) is 0.794. The van der Waals surface area contributed by atoms with Crippen molar-refractivity contribution >= 4 is 28.9 Å². The highest BCUT2D eigenvalue weighted by Crippen LogP contribution is 2.36. The number of nitrogens with one attached hydrogen (secondary N) is 1. The summed E-state index contributed by atoms with van der Waals surface area (Å²) in [7, 11) is 0. The number of anilines is 1. The number of hydrogen-bond acceptors (Lipinski definition) is 2. The number of rotatable bonds is 3. The largest absolute Gasteiger partial charge is 0.506 e. The first-order valence-corrected chi connectivity index (χ1v) is 6.61. The Morgan fingerprint density at radius 3 is 2.43 bits per heavy atom. The number of halogens is 5. The van der Waals surface area contributed by atoms with Crippen LogP contribution < -0.4 is 5.32 Å². The lowest BCUT2D eigenvalue weighted by molar-refractivity contribution is -0.137. The fraction of sp³-hybridized carbons (Fsp3) is 0.143. The van der Waals surface area contributed by atoms with Gasteiger partial charge in [0.25, 0.3) is 0 Å². The molecule has 0 radical (unpaired) electrons. The second-order valence-electron chi connectivity index (χ2n) is 4.29. The lowest BCUT2D eigenvalue weighted by Crippen LogP contribution is -2.07. The van der Waals surface area contributed by atoms with Gasteiger partial charge in [-0.3, -0.25) is 0 Å². The second-order valence-corrected chi connectivity index (χ2v) is 5.11. The molecule has 0 atom stereocenters. The van der Waals surface area contributed by atoms with E-state index < -0.39 is 11.7 Å². The molecule has 7 heteroatoms. The molecule has 112 valence electrons. The molecular weight excluding hydrogens is 326 g/mol. The predicted octanol–water partition coefficient (Wildman–Crippen LogP) is 5.33. The average molecular weight is 336 g/mol. The van der Waals surface area contributed by atoms with Gasteiger partial charge >= 0.3 is 6.18 Å². The summed E-state index contributed by atoms with van der Waals surface area (Å²) in [5.41, 5.74) is -0.193. The molecule has 0 saturated carbocycles. The van der Waals surface area contributed by atoms with Crippen LogP contribution in [0.2, 0.25) is 10.0 Å². The van der Waals surface area contributed by atoms with E-state index in [0.717, 1.165) is 6.07 Å². The van der Waals surface area contributed by atoms with Crippen LogP contribution in [-0.4, -0.2) is 5.11 Å². The van der Waals surface area contributed by atoms with Crippen molar-refractivity contribution in [3.63, 3.8) is 0 Å². The first-order valence-electron chi connectivity index (χ1n) is 5.86. The molecule has 2 nitrogen and oxygen atoms in total. The van der Waals surface area contributed by atoms with Crippen LogP contribution in [0.5, 0.6) is 5.75 Å². The van der Waals surface area contributed by atoms with Gasteiger partial charge in [0.2, 0.25) is 0 Å². The van der Waals surface area contributed by atoms with Gasteiger partial charge in [0, 0.05) is 17.8 Å². The standard InChI is InChI=1S/C14H10Cl2F3NO/c15-11-5-4-9(6-10(11)14(17,18)19)20-7-8-2-1-3-12(16)13(8)21/h1-6,20-21H,7H2. The lowest BCUT2D eigenvalue weighted by Gasteiger charge is -2.13. The van der Waals surface area contributed by atoms with Crippen molar-refractivity contribution in [2.75, 3.05) is 5.32 Å². The molecule has 0 aliphatic rings. The van der Waals surface area contributed by atoms with Gasteiger partial charge in [0.1, 0.15) is 5.75 Å². The number of phenols is 1. The monoisotopic (exact) mass is 335 g/mol. The van der Waals surface area contributed by atoms with E-state index in [4.69, 9.17) is 23.2 Å². The number of hydrogen-bond donors (Lipinski definition) is 2. The summed E-state index contributed by atoms with van der Waals surface area (Å²) < 4.78 is 38.2. The van der Waals surface area contributed by atoms with Gasteiger partial charge in [-0.2, -0.15) is 13.2 Å². The third-order valence-electron chi connectivity index (χ3n) is 2.83. The van der Waals surface area contributed by atoms with E-state index in [9.17, 15) is 18.3 Å². The zero-order valence-electron chi connectivity index (χ0n) is 10.5. The van der Waals surface area contributed by atoms with Crippen LogP contribution in [-0.2, 0) is 12.7 Å². The van der Waals surface area contributed by atoms with E-state index in [1.807, 2.05) is 0 Å². The number of benzene rings is 2. The van der Waals surface area contributed by atoms with Gasteiger partial charge in [-0.1, -0.05) is 35.3 Å². The second kappa shape index (κ2) is 6.03. The van der Waals surface area contributed by atoms with Crippen LogP contribution in [0, 0.1) is 0 Å². The van der Waals surface area contributed by atoms with Crippen molar-refractivity contribution in [1.29, 1.82) is 0 Å². The minimum absolute atomic E-state index is 0.100. The Hall–Kier alpha value is -1.59. The molecular formula is C14H10Cl2F3NO. The molecule has 2 aromatic rings. The number of aromatic hydroxyl groups is 1. The summed E-state index contributed by atoms with van der Waals surface area (Å²) in [5.74, 6) is -0.100. The molecule has 0 spiro atoms. The van der Waals surface area contributed by atoms with Gasteiger partial charge in [-0.15, -0.1) is 0 Å². The van der Waals surface area contributed by atoms with Gasteiger partial charge in [-0.25, -0.2) is 0 Å². The predicted molar refractivity (Wildman–Crippen MR) is 76.9 cm³/mol. The molecule has 0 aromatic heterocycles. The van der Waals surface area contributed by atoms with E-state index in [-0.39, 0.29) is 28.0 Å². The van der Waals surface area contributed by atoms with Crippen LogP contribution >= 0.6 is 23.2 Å². The highest BCUT2D eigenvalue weighted by atomic mass is 35.5. The first kappa shape index (κ1) is 15.8. The van der Waals surface area contributed by atoms with Crippen molar-refractivity contribution in [3.8, 4) is 5.75 Å². The molecule has 0 amide bonds. The highest BCUT2D eigenvalue weighted by Gasteiger charge is 2.33. The van der Waals surface area contributed by atoms with Crippen molar-refractivity contribution < 1.29 is 18.3 Å². The molecule has 0 aliphatic heterocycles. The van der Waals surface area contributed by atoms with Gasteiger partial charge < -0.3 is 10.4 Å². The average Bonchev–Trinajstić information content (AvgIpc) is 2.40. The lowest BCUT2D eigenvalue weighted by atomic mass is 10.1. The van der Waals surface area contributed by atoms with E-state index in [2.05, 4.69) is 5.32 Å². The van der Waals surface area contributed by atoms with Crippen molar-refractivity contribution in [2.24, 2.45) is 0 Å². The summed E-state index contributed by atoms with van der Waals surface area (Å²) >= 11 is 11.3. The molecule has 0 fully saturated rings. The molecule has 2 rings (SSSR count). The molecule has 0 bridgehead atoms. The van der Waals surface area contributed by atoms with E-state index in [0.29, 0.717) is 5.56 Å². The molecule has 0 unspecified atom stereocenters. The Morgan fingerprint density at radius 1 is 1.05 bits per heavy atom. The summed E-state index contributed by atoms with van der Waals surface area (Å²) in [6.45, 7) is 0.130. The first-order chi connectivity index (χ1) is 9.79. The molecule has 21 heavy (non-hydrogen) atoms. The number of alkyl halides is 3. The number of phenolic OH excluding ortho intramolecular Hbond substituents is 1. The normalized spacial score (nSPS) is 11.5. The van der Waals surface area contributed by atoms with Crippen molar-refractivity contribution in [1.82, 2.24) is 0 Å². The van der Waals surface area contributed by atoms with Crippen LogP contribution in [0.4, 0.5) is 18.9 Å². The zero-order valence-corrected chi connectivity index (χ0v) is 12.0. The Balaban J connectivity index is 2.19. The maximum atomic E-state index is 12.7. The Kier molecular flexibility index (Phi) is 4.54. The Bertz CT molecular complexity index is 659. The van der Waals surface area contributed by atoms with Gasteiger partial charge in [-0.05, 0) is 24.3 Å². The molecule has 0 heterocycles. The molecule has 2 aromatic carbocycles. The topological polar surface area (TPSA) is 32.3 Å². The maximum Gasteiger partial charge on any atom is 0.417 e. The zero-order chi connectivity index (χ0) is 15.6. The fourth-order valence-electron chi connectivity index (χ4n) is 1.75. The molecule has 0 saturated heterocycles. The van der Waals surface area contributed by atoms with E-state index >= 15 is 0 Å².